The number of rotatable bonds is 7. The number of halogens is 1. The lowest BCUT2D eigenvalue weighted by molar-refractivity contribution is 0.0952. The number of hydrogen-bond acceptors (Lipinski definition) is 5. The number of hydrogen-bond donors (Lipinski definition) is 3. The number of benzene rings is 2. The van der Waals surface area contributed by atoms with Crippen molar-refractivity contribution in [3.8, 4) is 11.4 Å². The molecule has 0 unspecified atom stereocenters. The molecule has 0 aliphatic carbocycles. The molecule has 32 heavy (non-hydrogen) atoms. The Labute approximate surface area is 193 Å². The van der Waals surface area contributed by atoms with Gasteiger partial charge in [0.2, 0.25) is 0 Å². The zero-order valence-electron chi connectivity index (χ0n) is 17.3. The van der Waals surface area contributed by atoms with Crippen LogP contribution in [0.25, 0.3) is 15.9 Å². The van der Waals surface area contributed by atoms with Gasteiger partial charge in [0.05, 0.1) is 21.3 Å². The molecule has 2 amide bonds. The van der Waals surface area contributed by atoms with Crippen molar-refractivity contribution in [1.82, 2.24) is 20.4 Å². The van der Waals surface area contributed by atoms with Gasteiger partial charge in [0.25, 0.3) is 11.8 Å². The van der Waals surface area contributed by atoms with Crippen molar-refractivity contribution in [2.24, 2.45) is 0 Å². The number of aromatic nitrogens is 2. The van der Waals surface area contributed by atoms with E-state index in [0.717, 1.165) is 21.6 Å². The van der Waals surface area contributed by atoms with Gasteiger partial charge >= 0.3 is 0 Å². The highest BCUT2D eigenvalue weighted by atomic mass is 35.5. The summed E-state index contributed by atoms with van der Waals surface area (Å²) in [5.74, 6) is -0.395. The van der Waals surface area contributed by atoms with E-state index in [9.17, 15) is 14.7 Å². The first-order valence-electron chi connectivity index (χ1n) is 10.0. The van der Waals surface area contributed by atoms with Crippen LogP contribution in [-0.4, -0.2) is 39.8 Å². The van der Waals surface area contributed by atoms with Crippen molar-refractivity contribution in [2.75, 3.05) is 13.1 Å². The van der Waals surface area contributed by atoms with Gasteiger partial charge in [-0.25, -0.2) is 4.68 Å². The normalized spacial score (nSPS) is 10.9. The highest BCUT2D eigenvalue weighted by Crippen LogP contribution is 2.32. The summed E-state index contributed by atoms with van der Waals surface area (Å²) >= 11 is 7.69. The van der Waals surface area contributed by atoms with Gasteiger partial charge in [0, 0.05) is 24.0 Å². The molecule has 164 valence electrons. The minimum absolute atomic E-state index is 0.0427. The van der Waals surface area contributed by atoms with Gasteiger partial charge in [-0.05, 0) is 49.7 Å². The van der Waals surface area contributed by atoms with Crippen LogP contribution in [0, 0.1) is 6.92 Å². The Kier molecular flexibility index (Phi) is 6.43. The maximum Gasteiger partial charge on any atom is 0.261 e. The number of phenolic OH excluding ortho intramolecular Hbond substituents is 1. The number of carbonyl (C=O) groups is 2. The second kappa shape index (κ2) is 9.42. The van der Waals surface area contributed by atoms with Crippen LogP contribution in [0.5, 0.6) is 5.75 Å². The van der Waals surface area contributed by atoms with E-state index in [2.05, 4.69) is 15.7 Å². The first-order chi connectivity index (χ1) is 15.4. The van der Waals surface area contributed by atoms with Crippen LogP contribution < -0.4 is 10.6 Å². The maximum absolute atomic E-state index is 12.6. The number of para-hydroxylation sites is 1. The lowest BCUT2D eigenvalue weighted by Crippen LogP contribution is -2.29. The molecule has 9 heteroatoms. The molecule has 0 atom stereocenters. The third-order valence-corrected chi connectivity index (χ3v) is 6.31. The Morgan fingerprint density at radius 1 is 1.06 bits per heavy atom. The predicted octanol–water partition coefficient (Wildman–Crippen LogP) is 4.30. The monoisotopic (exact) mass is 468 g/mol. The van der Waals surface area contributed by atoms with Gasteiger partial charge in [-0.1, -0.05) is 29.8 Å². The topological polar surface area (TPSA) is 96.3 Å². The maximum atomic E-state index is 12.6. The summed E-state index contributed by atoms with van der Waals surface area (Å²) in [7, 11) is 0. The van der Waals surface area contributed by atoms with Crippen LogP contribution in [0.4, 0.5) is 0 Å². The van der Waals surface area contributed by atoms with Gasteiger partial charge in [0.15, 0.2) is 0 Å². The van der Waals surface area contributed by atoms with Crippen LogP contribution in [0.2, 0.25) is 5.02 Å². The van der Waals surface area contributed by atoms with E-state index >= 15 is 0 Å². The standard InChI is InChI=1S/C23H21ClN4O3S/c1-14-17-13-20(32-23(17)28(27-14)19-9-3-2-8-18(19)24)22(31)26-11-5-10-25-21(30)15-6-4-7-16(29)12-15/h2-4,6-9,12-13,29H,5,10-11H2,1H3,(H,25,30)(H,26,31). The zero-order valence-corrected chi connectivity index (χ0v) is 18.8. The summed E-state index contributed by atoms with van der Waals surface area (Å²) in [5.41, 5.74) is 1.98. The molecule has 7 nitrogen and oxygen atoms in total. The van der Waals surface area contributed by atoms with Crippen LogP contribution in [-0.2, 0) is 0 Å². The van der Waals surface area contributed by atoms with E-state index < -0.39 is 0 Å². The Morgan fingerprint density at radius 2 is 1.81 bits per heavy atom. The minimum atomic E-state index is -0.267. The number of carbonyl (C=O) groups excluding carboxylic acids is 2. The largest absolute Gasteiger partial charge is 0.508 e. The van der Waals surface area contributed by atoms with E-state index in [1.165, 1.54) is 23.5 Å². The molecule has 0 spiro atoms. The second-order valence-electron chi connectivity index (χ2n) is 7.19. The van der Waals surface area contributed by atoms with Crippen LogP contribution >= 0.6 is 22.9 Å². The number of aryl methyl sites for hydroxylation is 1. The molecule has 4 rings (SSSR count). The molecular weight excluding hydrogens is 448 g/mol. The number of amides is 2. The van der Waals surface area contributed by atoms with E-state index in [1.54, 1.807) is 22.9 Å². The third-order valence-electron chi connectivity index (χ3n) is 4.88. The van der Waals surface area contributed by atoms with Crippen molar-refractivity contribution in [2.45, 2.75) is 13.3 Å². The number of aromatic hydroxyl groups is 1. The van der Waals surface area contributed by atoms with Crippen LogP contribution in [0.3, 0.4) is 0 Å². The van der Waals surface area contributed by atoms with Crippen molar-refractivity contribution < 1.29 is 14.7 Å². The Hall–Kier alpha value is -3.36. The van der Waals surface area contributed by atoms with Gasteiger partial charge in [0.1, 0.15) is 10.6 Å². The molecule has 2 heterocycles. The zero-order chi connectivity index (χ0) is 22.7. The second-order valence-corrected chi connectivity index (χ2v) is 8.63. The molecule has 0 bridgehead atoms. The van der Waals surface area contributed by atoms with Gasteiger partial charge in [-0.3, -0.25) is 9.59 Å². The van der Waals surface area contributed by atoms with E-state index in [-0.39, 0.29) is 17.6 Å². The molecule has 0 aliphatic rings. The van der Waals surface area contributed by atoms with E-state index in [1.807, 2.05) is 31.2 Å². The number of nitrogens with one attached hydrogen (secondary N) is 2. The van der Waals surface area contributed by atoms with Crippen LogP contribution in [0.1, 0.15) is 32.1 Å². The molecule has 0 fully saturated rings. The lowest BCUT2D eigenvalue weighted by Gasteiger charge is -2.07. The summed E-state index contributed by atoms with van der Waals surface area (Å²) in [6.45, 7) is 2.73. The average Bonchev–Trinajstić information content (AvgIpc) is 3.34. The lowest BCUT2D eigenvalue weighted by atomic mass is 10.2. The van der Waals surface area contributed by atoms with E-state index in [0.29, 0.717) is 35.0 Å². The fraction of sp³-hybridized carbons (Fsp3) is 0.174. The molecule has 0 aliphatic heterocycles. The predicted molar refractivity (Wildman–Crippen MR) is 126 cm³/mol. The van der Waals surface area contributed by atoms with Crippen molar-refractivity contribution >= 4 is 45.0 Å². The average molecular weight is 469 g/mol. The molecule has 2 aromatic carbocycles. The minimum Gasteiger partial charge on any atom is -0.508 e. The first kappa shape index (κ1) is 21.9. The molecule has 0 radical (unpaired) electrons. The van der Waals surface area contributed by atoms with Gasteiger partial charge < -0.3 is 15.7 Å². The SMILES string of the molecule is Cc1nn(-c2ccccc2Cl)c2sc(C(=O)NCCCNC(=O)c3cccc(O)c3)cc12. The van der Waals surface area contributed by atoms with Crippen molar-refractivity contribution in [3.05, 3.63) is 75.8 Å². The first-order valence-corrected chi connectivity index (χ1v) is 11.2. The molecule has 0 saturated carbocycles. The molecule has 3 N–H and O–H groups in total. The number of fused-ring (bicyclic) bond motifs is 1. The summed E-state index contributed by atoms with van der Waals surface area (Å²) < 4.78 is 1.77. The highest BCUT2D eigenvalue weighted by molar-refractivity contribution is 7.20. The van der Waals surface area contributed by atoms with Gasteiger partial charge in [-0.2, -0.15) is 5.10 Å². The molecule has 2 aromatic heterocycles. The van der Waals surface area contributed by atoms with Crippen LogP contribution in [0.15, 0.2) is 54.6 Å². The molecule has 0 saturated heterocycles. The smallest absolute Gasteiger partial charge is 0.261 e. The molecular formula is C23H21ClN4O3S. The number of nitrogens with zero attached hydrogens (tertiary/aromatic N) is 2. The number of thiophene rings is 1. The van der Waals surface area contributed by atoms with E-state index in [4.69, 9.17) is 11.6 Å². The van der Waals surface area contributed by atoms with Crippen molar-refractivity contribution in [1.29, 1.82) is 0 Å². The molecule has 4 aromatic rings. The quantitative estimate of drug-likeness (QED) is 0.352. The summed E-state index contributed by atoms with van der Waals surface area (Å²) in [6.07, 6.45) is 0.577. The summed E-state index contributed by atoms with van der Waals surface area (Å²) in [4.78, 5) is 26.1. The van der Waals surface area contributed by atoms with Gasteiger partial charge in [-0.15, -0.1) is 11.3 Å². The fourth-order valence-electron chi connectivity index (χ4n) is 3.27. The highest BCUT2D eigenvalue weighted by Gasteiger charge is 2.18. The Bertz CT molecular complexity index is 1300. The fourth-order valence-corrected chi connectivity index (χ4v) is 4.58. The number of phenols is 1. The summed E-state index contributed by atoms with van der Waals surface area (Å²) in [6, 6.07) is 15.4. The Morgan fingerprint density at radius 3 is 2.56 bits per heavy atom. The third kappa shape index (κ3) is 4.61. The summed E-state index contributed by atoms with van der Waals surface area (Å²) in [5, 5.41) is 21.2. The van der Waals surface area contributed by atoms with Crippen molar-refractivity contribution in [3.63, 3.8) is 0 Å². The Balaban J connectivity index is 1.35.